The highest BCUT2D eigenvalue weighted by atomic mass is 35.5. The maximum absolute atomic E-state index is 5.77. The largest absolute Gasteiger partial charge is 0.491 e. The third-order valence-corrected chi connectivity index (χ3v) is 1.85. The Morgan fingerprint density at radius 1 is 1.64 bits per heavy atom. The standard InChI is InChI=1S/C10H11ClN2O/c1-2-9(13-12)7-14-10-5-3-4-8(11)6-10/h1,3-6,9,13H,7,12H2. The van der Waals surface area contributed by atoms with Crippen LogP contribution in [0.2, 0.25) is 5.02 Å². The van der Waals surface area contributed by atoms with Crippen LogP contribution in [0, 0.1) is 12.3 Å². The van der Waals surface area contributed by atoms with Gasteiger partial charge in [-0.25, -0.2) is 5.43 Å². The Morgan fingerprint density at radius 3 is 3.00 bits per heavy atom. The minimum Gasteiger partial charge on any atom is -0.491 e. The first-order chi connectivity index (χ1) is 6.76. The van der Waals surface area contributed by atoms with E-state index in [1.807, 2.05) is 0 Å². The second kappa shape index (κ2) is 5.51. The Labute approximate surface area is 88.2 Å². The highest BCUT2D eigenvalue weighted by molar-refractivity contribution is 6.30. The van der Waals surface area contributed by atoms with Crippen LogP contribution in [0.15, 0.2) is 24.3 Å². The van der Waals surface area contributed by atoms with E-state index in [0.29, 0.717) is 17.4 Å². The van der Waals surface area contributed by atoms with Crippen LogP contribution in [0.1, 0.15) is 0 Å². The lowest BCUT2D eigenvalue weighted by Crippen LogP contribution is -2.38. The van der Waals surface area contributed by atoms with Gasteiger partial charge in [0, 0.05) is 5.02 Å². The summed E-state index contributed by atoms with van der Waals surface area (Å²) in [5, 5.41) is 0.625. The fourth-order valence-corrected chi connectivity index (χ4v) is 1.06. The SMILES string of the molecule is C#CC(COc1cccc(Cl)c1)NN. The van der Waals surface area contributed by atoms with Crippen molar-refractivity contribution in [2.75, 3.05) is 6.61 Å². The summed E-state index contributed by atoms with van der Waals surface area (Å²) in [5.41, 5.74) is 2.44. The molecule has 0 saturated heterocycles. The molecule has 1 aromatic rings. The van der Waals surface area contributed by atoms with Gasteiger partial charge in [-0.3, -0.25) is 5.84 Å². The number of ether oxygens (including phenoxy) is 1. The van der Waals surface area contributed by atoms with Crippen LogP contribution in [0.4, 0.5) is 0 Å². The molecule has 14 heavy (non-hydrogen) atoms. The van der Waals surface area contributed by atoms with Crippen molar-refractivity contribution in [1.29, 1.82) is 0 Å². The number of hydrogen-bond donors (Lipinski definition) is 2. The molecule has 0 aromatic heterocycles. The smallest absolute Gasteiger partial charge is 0.120 e. The molecular formula is C10H11ClN2O. The fourth-order valence-electron chi connectivity index (χ4n) is 0.881. The first-order valence-corrected chi connectivity index (χ1v) is 4.44. The van der Waals surface area contributed by atoms with Crippen molar-refractivity contribution in [1.82, 2.24) is 5.43 Å². The van der Waals surface area contributed by atoms with Crippen molar-refractivity contribution >= 4 is 11.6 Å². The normalized spacial score (nSPS) is 11.8. The molecule has 0 saturated carbocycles. The zero-order valence-corrected chi connectivity index (χ0v) is 8.29. The van der Waals surface area contributed by atoms with E-state index in [2.05, 4.69) is 11.3 Å². The van der Waals surface area contributed by atoms with E-state index in [1.165, 1.54) is 0 Å². The Bertz CT molecular complexity index is 335. The summed E-state index contributed by atoms with van der Waals surface area (Å²) in [6.07, 6.45) is 5.18. The van der Waals surface area contributed by atoms with Crippen LogP contribution in [0.5, 0.6) is 5.75 Å². The van der Waals surface area contributed by atoms with Gasteiger partial charge in [-0.2, -0.15) is 0 Å². The Morgan fingerprint density at radius 2 is 2.43 bits per heavy atom. The number of hydrogen-bond acceptors (Lipinski definition) is 3. The van der Waals surface area contributed by atoms with Gasteiger partial charge in [0.2, 0.25) is 0 Å². The zero-order valence-electron chi connectivity index (χ0n) is 7.53. The molecule has 74 valence electrons. The average Bonchev–Trinajstić information content (AvgIpc) is 2.19. The molecule has 0 fully saturated rings. The van der Waals surface area contributed by atoms with Crippen molar-refractivity contribution in [3.63, 3.8) is 0 Å². The zero-order chi connectivity index (χ0) is 10.4. The van der Waals surface area contributed by atoms with Crippen LogP contribution in [0.25, 0.3) is 0 Å². The predicted molar refractivity (Wildman–Crippen MR) is 56.9 cm³/mol. The molecule has 0 bridgehead atoms. The van der Waals surface area contributed by atoms with Gasteiger partial charge in [-0.05, 0) is 18.2 Å². The van der Waals surface area contributed by atoms with Gasteiger partial charge in [0.25, 0.3) is 0 Å². The monoisotopic (exact) mass is 210 g/mol. The summed E-state index contributed by atoms with van der Waals surface area (Å²) in [7, 11) is 0. The molecule has 1 rings (SSSR count). The van der Waals surface area contributed by atoms with E-state index in [-0.39, 0.29) is 6.04 Å². The van der Waals surface area contributed by atoms with Gasteiger partial charge in [0.1, 0.15) is 18.4 Å². The first kappa shape index (κ1) is 10.9. The van der Waals surface area contributed by atoms with Crippen molar-refractivity contribution < 1.29 is 4.74 Å². The molecule has 4 heteroatoms. The topological polar surface area (TPSA) is 47.3 Å². The highest BCUT2D eigenvalue weighted by Crippen LogP contribution is 2.16. The molecule has 3 N–H and O–H groups in total. The van der Waals surface area contributed by atoms with Crippen molar-refractivity contribution in [2.24, 2.45) is 5.84 Å². The Kier molecular flexibility index (Phi) is 4.27. The summed E-state index contributed by atoms with van der Waals surface area (Å²) >= 11 is 5.77. The van der Waals surface area contributed by atoms with Crippen molar-refractivity contribution in [2.45, 2.75) is 6.04 Å². The summed E-state index contributed by atoms with van der Waals surface area (Å²) in [6.45, 7) is 0.313. The molecule has 1 unspecified atom stereocenters. The lowest BCUT2D eigenvalue weighted by molar-refractivity contribution is 0.291. The second-order valence-electron chi connectivity index (χ2n) is 2.65. The summed E-state index contributed by atoms with van der Waals surface area (Å²) in [5.74, 6) is 8.30. The van der Waals surface area contributed by atoms with Crippen LogP contribution in [-0.2, 0) is 0 Å². The molecule has 0 aliphatic carbocycles. The van der Waals surface area contributed by atoms with Crippen molar-refractivity contribution in [3.8, 4) is 18.1 Å². The van der Waals surface area contributed by atoms with E-state index in [1.54, 1.807) is 24.3 Å². The lowest BCUT2D eigenvalue weighted by atomic mass is 10.3. The van der Waals surface area contributed by atoms with Gasteiger partial charge in [-0.15, -0.1) is 6.42 Å². The molecular weight excluding hydrogens is 200 g/mol. The Balaban J connectivity index is 2.50. The maximum Gasteiger partial charge on any atom is 0.120 e. The van der Waals surface area contributed by atoms with Crippen LogP contribution in [0.3, 0.4) is 0 Å². The van der Waals surface area contributed by atoms with E-state index in [4.69, 9.17) is 28.6 Å². The molecule has 0 amide bonds. The maximum atomic E-state index is 5.77. The molecule has 1 aromatic carbocycles. The molecule has 0 aliphatic heterocycles. The number of nitrogens with two attached hydrogens (primary N) is 1. The van der Waals surface area contributed by atoms with Gasteiger partial charge in [0.05, 0.1) is 0 Å². The molecule has 0 heterocycles. The molecule has 0 aliphatic rings. The number of nitrogens with one attached hydrogen (secondary N) is 1. The van der Waals surface area contributed by atoms with Crippen LogP contribution in [-0.4, -0.2) is 12.6 Å². The summed E-state index contributed by atoms with van der Waals surface area (Å²) in [6, 6.07) is 6.79. The quantitative estimate of drug-likeness (QED) is 0.446. The summed E-state index contributed by atoms with van der Waals surface area (Å²) < 4.78 is 5.36. The van der Waals surface area contributed by atoms with Gasteiger partial charge < -0.3 is 4.74 Å². The number of hydrazine groups is 1. The third kappa shape index (κ3) is 3.27. The molecule has 1 atom stereocenters. The number of benzene rings is 1. The molecule has 0 radical (unpaired) electrons. The van der Waals surface area contributed by atoms with E-state index in [9.17, 15) is 0 Å². The minimum atomic E-state index is -0.297. The van der Waals surface area contributed by atoms with Gasteiger partial charge >= 0.3 is 0 Å². The third-order valence-electron chi connectivity index (χ3n) is 1.62. The fraction of sp³-hybridized carbons (Fsp3) is 0.200. The van der Waals surface area contributed by atoms with E-state index in [0.717, 1.165) is 0 Å². The Hall–Kier alpha value is -1.21. The van der Waals surface area contributed by atoms with E-state index >= 15 is 0 Å². The number of rotatable bonds is 4. The van der Waals surface area contributed by atoms with Crippen molar-refractivity contribution in [3.05, 3.63) is 29.3 Å². The molecule has 3 nitrogen and oxygen atoms in total. The van der Waals surface area contributed by atoms with Gasteiger partial charge in [-0.1, -0.05) is 23.6 Å². The second-order valence-corrected chi connectivity index (χ2v) is 3.09. The van der Waals surface area contributed by atoms with Gasteiger partial charge in [0.15, 0.2) is 0 Å². The van der Waals surface area contributed by atoms with E-state index < -0.39 is 0 Å². The number of terminal acetylenes is 1. The molecule has 0 spiro atoms. The van der Waals surface area contributed by atoms with Crippen LogP contribution < -0.4 is 16.0 Å². The highest BCUT2D eigenvalue weighted by Gasteiger charge is 2.02. The minimum absolute atomic E-state index is 0.297. The lowest BCUT2D eigenvalue weighted by Gasteiger charge is -2.10. The first-order valence-electron chi connectivity index (χ1n) is 4.07. The predicted octanol–water partition coefficient (Wildman–Crippen LogP) is 1.18. The summed E-state index contributed by atoms with van der Waals surface area (Å²) in [4.78, 5) is 0. The van der Waals surface area contributed by atoms with Crippen LogP contribution >= 0.6 is 11.6 Å². The average molecular weight is 211 g/mol. The number of halogens is 1.